The smallest absolute Gasteiger partial charge is 0.227 e. The topological polar surface area (TPSA) is 67.9 Å². The third kappa shape index (κ3) is 4.70. The van der Waals surface area contributed by atoms with Crippen molar-refractivity contribution in [2.24, 2.45) is 4.99 Å². The van der Waals surface area contributed by atoms with Crippen LogP contribution >= 0.6 is 15.9 Å². The molecule has 6 heteroatoms. The molecule has 3 aromatic carbocycles. The van der Waals surface area contributed by atoms with E-state index in [1.54, 1.807) is 18.3 Å². The van der Waals surface area contributed by atoms with Crippen LogP contribution in [0.25, 0.3) is 22.6 Å². The lowest BCUT2D eigenvalue weighted by Gasteiger charge is -2.08. The number of phenols is 1. The minimum atomic E-state index is 0.0682. The average Bonchev–Trinajstić information content (AvgIpc) is 3.23. The van der Waals surface area contributed by atoms with E-state index in [1.165, 1.54) is 5.56 Å². The first-order valence-corrected chi connectivity index (χ1v) is 11.5. The van der Waals surface area contributed by atoms with Crippen molar-refractivity contribution in [2.45, 2.75) is 33.1 Å². The van der Waals surface area contributed by atoms with E-state index in [1.807, 2.05) is 37.3 Å². The van der Waals surface area contributed by atoms with Crippen LogP contribution in [0.1, 0.15) is 44.2 Å². The molecule has 0 aliphatic carbocycles. The Morgan fingerprint density at radius 3 is 2.62 bits per heavy atom. The number of rotatable bonds is 7. The average molecular weight is 493 g/mol. The van der Waals surface area contributed by atoms with E-state index in [-0.39, 0.29) is 5.75 Å². The van der Waals surface area contributed by atoms with Crippen LogP contribution in [0, 0.1) is 0 Å². The number of oxazole rings is 1. The van der Waals surface area contributed by atoms with Gasteiger partial charge in [-0.15, -0.1) is 0 Å². The van der Waals surface area contributed by atoms with Crippen LogP contribution in [-0.2, 0) is 0 Å². The number of hydrogen-bond donors (Lipinski definition) is 1. The Kier molecular flexibility index (Phi) is 6.61. The van der Waals surface area contributed by atoms with E-state index < -0.39 is 0 Å². The monoisotopic (exact) mass is 492 g/mol. The van der Waals surface area contributed by atoms with Crippen LogP contribution in [0.15, 0.2) is 68.5 Å². The van der Waals surface area contributed by atoms with Crippen LogP contribution in [0.2, 0.25) is 0 Å². The number of nitrogens with zero attached hydrogens (tertiary/aromatic N) is 2. The van der Waals surface area contributed by atoms with Gasteiger partial charge in [0.25, 0.3) is 0 Å². The Balaban J connectivity index is 1.56. The maximum Gasteiger partial charge on any atom is 0.227 e. The van der Waals surface area contributed by atoms with Gasteiger partial charge >= 0.3 is 0 Å². The molecule has 4 aromatic rings. The maximum atomic E-state index is 10.4. The number of halogens is 1. The van der Waals surface area contributed by atoms with Gasteiger partial charge in [0.05, 0.1) is 12.3 Å². The molecule has 0 aliphatic rings. The predicted molar refractivity (Wildman–Crippen MR) is 132 cm³/mol. The third-order valence-electron chi connectivity index (χ3n) is 5.43. The van der Waals surface area contributed by atoms with Gasteiger partial charge in [0.1, 0.15) is 5.52 Å². The first-order chi connectivity index (χ1) is 15.5. The number of ether oxygens (including phenoxy) is 1. The number of aromatic hydroxyl groups is 1. The lowest BCUT2D eigenvalue weighted by Crippen LogP contribution is -1.94. The molecule has 32 heavy (non-hydrogen) atoms. The van der Waals surface area contributed by atoms with Crippen molar-refractivity contribution < 1.29 is 14.3 Å². The van der Waals surface area contributed by atoms with Crippen molar-refractivity contribution in [3.05, 3.63) is 70.2 Å². The number of aliphatic imine (C=N–C) groups is 1. The molecule has 0 saturated heterocycles. The van der Waals surface area contributed by atoms with Crippen LogP contribution in [-0.4, -0.2) is 22.9 Å². The summed E-state index contributed by atoms with van der Waals surface area (Å²) in [4.78, 5) is 9.16. The molecule has 0 bridgehead atoms. The molecular weight excluding hydrogens is 468 g/mol. The standard InChI is InChI=1S/C26H25BrN2O3/c1-4-16(3)18-8-11-23-22(13-18)29-26(32-23)17-6-9-21(10-7-17)28-15-19-12-20(27)14-24(25(19)30)31-5-2/h6-16,30H,4-5H2,1-3H3/t16-/m0/s1. The van der Waals surface area contributed by atoms with Gasteiger partial charge in [0.2, 0.25) is 5.89 Å². The molecule has 0 saturated carbocycles. The van der Waals surface area contributed by atoms with Crippen LogP contribution in [0.4, 0.5) is 5.69 Å². The summed E-state index contributed by atoms with van der Waals surface area (Å²) >= 11 is 3.44. The Labute approximate surface area is 195 Å². The Hall–Kier alpha value is -3.12. The van der Waals surface area contributed by atoms with Crippen molar-refractivity contribution in [3.8, 4) is 23.0 Å². The molecule has 0 unspecified atom stereocenters. The van der Waals surface area contributed by atoms with Gasteiger partial charge in [0.15, 0.2) is 17.1 Å². The molecule has 0 fully saturated rings. The van der Waals surface area contributed by atoms with Crippen molar-refractivity contribution in [3.63, 3.8) is 0 Å². The summed E-state index contributed by atoms with van der Waals surface area (Å²) in [5.74, 6) is 1.57. The molecule has 164 valence electrons. The highest BCUT2D eigenvalue weighted by Gasteiger charge is 2.12. The van der Waals surface area contributed by atoms with Crippen LogP contribution in [0.3, 0.4) is 0 Å². The third-order valence-corrected chi connectivity index (χ3v) is 5.89. The predicted octanol–water partition coefficient (Wildman–Crippen LogP) is 7.63. The fourth-order valence-corrected chi connectivity index (χ4v) is 3.86. The van der Waals surface area contributed by atoms with Crippen molar-refractivity contribution in [2.75, 3.05) is 6.61 Å². The highest BCUT2D eigenvalue weighted by Crippen LogP contribution is 2.33. The Morgan fingerprint density at radius 1 is 1.12 bits per heavy atom. The molecular formula is C26H25BrN2O3. The number of benzene rings is 3. The lowest BCUT2D eigenvalue weighted by atomic mass is 9.98. The quantitative estimate of drug-likeness (QED) is 0.269. The number of aromatic nitrogens is 1. The lowest BCUT2D eigenvalue weighted by molar-refractivity contribution is 0.317. The Morgan fingerprint density at radius 2 is 1.91 bits per heavy atom. The highest BCUT2D eigenvalue weighted by molar-refractivity contribution is 9.10. The second-order valence-electron chi connectivity index (χ2n) is 7.64. The second kappa shape index (κ2) is 9.57. The molecule has 0 amide bonds. The van der Waals surface area contributed by atoms with Gasteiger partial charge < -0.3 is 14.3 Å². The molecule has 1 atom stereocenters. The summed E-state index contributed by atoms with van der Waals surface area (Å²) in [6, 6.07) is 17.4. The van der Waals surface area contributed by atoms with Crippen LogP contribution in [0.5, 0.6) is 11.5 Å². The largest absolute Gasteiger partial charge is 0.504 e. The van der Waals surface area contributed by atoms with Gasteiger partial charge in [-0.05, 0) is 73.4 Å². The minimum absolute atomic E-state index is 0.0682. The zero-order valence-corrected chi connectivity index (χ0v) is 19.9. The zero-order valence-electron chi connectivity index (χ0n) is 18.3. The van der Waals surface area contributed by atoms with E-state index in [0.717, 1.165) is 33.2 Å². The van der Waals surface area contributed by atoms with Gasteiger partial charge in [-0.25, -0.2) is 4.98 Å². The summed E-state index contributed by atoms with van der Waals surface area (Å²) in [5, 5.41) is 10.4. The van der Waals surface area contributed by atoms with Crippen molar-refractivity contribution in [1.29, 1.82) is 0 Å². The van der Waals surface area contributed by atoms with E-state index in [0.29, 0.717) is 29.7 Å². The number of hydrogen-bond acceptors (Lipinski definition) is 5. The second-order valence-corrected chi connectivity index (χ2v) is 8.55. The first-order valence-electron chi connectivity index (χ1n) is 10.7. The molecule has 5 nitrogen and oxygen atoms in total. The molecule has 0 spiro atoms. The SMILES string of the molecule is CCOc1cc(Br)cc(C=Nc2ccc(-c3nc4cc([C@@H](C)CC)ccc4o3)cc2)c1O. The summed E-state index contributed by atoms with van der Waals surface area (Å²) in [6.07, 6.45) is 2.70. The van der Waals surface area contributed by atoms with Gasteiger partial charge in [-0.1, -0.05) is 35.8 Å². The molecule has 0 radical (unpaired) electrons. The van der Waals surface area contributed by atoms with E-state index >= 15 is 0 Å². The first kappa shape index (κ1) is 22.1. The molecule has 0 aliphatic heterocycles. The van der Waals surface area contributed by atoms with Gasteiger partial charge in [-0.2, -0.15) is 0 Å². The summed E-state index contributed by atoms with van der Waals surface area (Å²) in [5.41, 5.74) is 5.13. The highest BCUT2D eigenvalue weighted by atomic mass is 79.9. The van der Waals surface area contributed by atoms with Crippen LogP contribution < -0.4 is 4.74 Å². The number of phenolic OH excluding ortho intramolecular Hbond substituents is 1. The minimum Gasteiger partial charge on any atom is -0.504 e. The van der Waals surface area contributed by atoms with E-state index in [4.69, 9.17) is 9.15 Å². The van der Waals surface area contributed by atoms with Crippen molar-refractivity contribution >= 4 is 38.9 Å². The molecule has 1 aromatic heterocycles. The normalized spacial score (nSPS) is 12.5. The molecule has 1 N–H and O–H groups in total. The van der Waals surface area contributed by atoms with Gasteiger partial charge in [-0.3, -0.25) is 4.99 Å². The number of fused-ring (bicyclic) bond motifs is 1. The summed E-state index contributed by atoms with van der Waals surface area (Å²) in [6.45, 7) is 6.74. The molecule has 1 heterocycles. The maximum absolute atomic E-state index is 10.4. The molecule has 4 rings (SSSR count). The van der Waals surface area contributed by atoms with E-state index in [9.17, 15) is 5.11 Å². The van der Waals surface area contributed by atoms with Crippen molar-refractivity contribution in [1.82, 2.24) is 4.98 Å². The van der Waals surface area contributed by atoms with Gasteiger partial charge in [0, 0.05) is 21.8 Å². The fraction of sp³-hybridized carbons (Fsp3) is 0.231. The summed E-state index contributed by atoms with van der Waals surface area (Å²) < 4.78 is 12.2. The zero-order chi connectivity index (χ0) is 22.7. The fourth-order valence-electron chi connectivity index (χ4n) is 3.40. The Bertz CT molecular complexity index is 1260. The van der Waals surface area contributed by atoms with E-state index in [2.05, 4.69) is 51.9 Å². The summed E-state index contributed by atoms with van der Waals surface area (Å²) in [7, 11) is 0.